The zero-order valence-electron chi connectivity index (χ0n) is 32.0. The highest BCUT2D eigenvalue weighted by Crippen LogP contribution is 2.68. The molecule has 0 spiro atoms. The van der Waals surface area contributed by atoms with Gasteiger partial charge in [-0.2, -0.15) is 19.0 Å². The summed E-state index contributed by atoms with van der Waals surface area (Å²) in [7, 11) is -2.52. The maximum atomic E-state index is 15.5. The highest BCUT2D eigenvalue weighted by molar-refractivity contribution is 7.92. The summed E-state index contributed by atoms with van der Waals surface area (Å²) in [5.41, 5.74) is -3.18. The van der Waals surface area contributed by atoms with E-state index in [2.05, 4.69) is 25.2 Å². The van der Waals surface area contributed by atoms with Crippen molar-refractivity contribution in [2.24, 2.45) is 13.0 Å². The first-order valence-corrected chi connectivity index (χ1v) is 20.9. The molecule has 2 N–H and O–H groups in total. The molecule has 62 heavy (non-hydrogen) atoms. The third kappa shape index (κ3) is 7.01. The minimum atomic E-state index is -3.94. The average molecular weight is 900 g/mol. The van der Waals surface area contributed by atoms with Gasteiger partial charge in [-0.05, 0) is 66.4 Å². The fraction of sp³-hybridized carbons (Fsp3) is 0.250. The number of sulfonamides is 1. The average Bonchev–Trinajstić information content (AvgIpc) is 3.73. The largest absolute Gasteiger partial charge is 0.344 e. The summed E-state index contributed by atoms with van der Waals surface area (Å²) >= 11 is 6.60. The van der Waals surface area contributed by atoms with Gasteiger partial charge >= 0.3 is 0 Å². The van der Waals surface area contributed by atoms with Crippen molar-refractivity contribution in [3.05, 3.63) is 128 Å². The minimum absolute atomic E-state index is 0.00741. The van der Waals surface area contributed by atoms with Crippen molar-refractivity contribution in [1.82, 2.24) is 39.4 Å². The summed E-state index contributed by atoms with van der Waals surface area (Å²) in [6.45, 7) is -1.03. The zero-order valence-corrected chi connectivity index (χ0v) is 33.5. The van der Waals surface area contributed by atoms with E-state index in [1.54, 1.807) is 6.07 Å². The van der Waals surface area contributed by atoms with E-state index in [0.29, 0.717) is 10.7 Å². The van der Waals surface area contributed by atoms with Crippen molar-refractivity contribution < 1.29 is 43.9 Å². The Morgan fingerprint density at radius 1 is 1.00 bits per heavy atom. The van der Waals surface area contributed by atoms with Crippen LogP contribution in [0.1, 0.15) is 53.1 Å². The monoisotopic (exact) mass is 899 g/mol. The molecule has 7 aromatic rings. The number of rotatable bonds is 11. The summed E-state index contributed by atoms with van der Waals surface area (Å²) in [5.74, 6) is -10.1. The van der Waals surface area contributed by atoms with Crippen molar-refractivity contribution in [2.75, 3.05) is 11.0 Å². The summed E-state index contributed by atoms with van der Waals surface area (Å²) in [4.78, 5) is 38.2. The number of anilines is 1. The number of hydrogen-bond acceptors (Lipinski definition) is 8. The van der Waals surface area contributed by atoms with Gasteiger partial charge in [-0.3, -0.25) is 28.2 Å². The summed E-state index contributed by atoms with van der Waals surface area (Å²) < 4.78 is 133. The third-order valence-electron chi connectivity index (χ3n) is 10.8. The number of alkyl halides is 4. The van der Waals surface area contributed by atoms with Crippen molar-refractivity contribution in [1.29, 1.82) is 0 Å². The number of nitrogens with zero attached hydrogens (tertiary/aromatic N) is 7. The second kappa shape index (κ2) is 14.6. The summed E-state index contributed by atoms with van der Waals surface area (Å²) in [6.07, 6.45) is -2.91. The maximum Gasteiger partial charge on any atom is 0.293 e. The van der Waals surface area contributed by atoms with Gasteiger partial charge in [-0.15, -0.1) is 0 Å². The van der Waals surface area contributed by atoms with Crippen LogP contribution in [0.2, 0.25) is 5.02 Å². The van der Waals surface area contributed by atoms with Crippen LogP contribution in [0.5, 0.6) is 0 Å². The van der Waals surface area contributed by atoms with E-state index in [1.807, 2.05) is 0 Å². The molecule has 13 nitrogen and oxygen atoms in total. The number of pyridine rings is 1. The molecule has 0 radical (unpaired) electrons. The van der Waals surface area contributed by atoms with Crippen LogP contribution in [0.3, 0.4) is 0 Å². The Morgan fingerprint density at radius 2 is 1.73 bits per heavy atom. The van der Waals surface area contributed by atoms with Gasteiger partial charge in [0.1, 0.15) is 41.2 Å². The van der Waals surface area contributed by atoms with Crippen LogP contribution in [0.15, 0.2) is 71.5 Å². The van der Waals surface area contributed by atoms with Gasteiger partial charge < -0.3 is 5.32 Å². The van der Waals surface area contributed by atoms with E-state index < -0.39 is 93.5 Å². The molecular formula is C40H29ClF7N9O4S. The molecule has 4 aromatic heterocycles. The van der Waals surface area contributed by atoms with Crippen molar-refractivity contribution >= 4 is 55.3 Å². The number of aromatic nitrogens is 7. The molecule has 22 heteroatoms. The van der Waals surface area contributed by atoms with Gasteiger partial charge in [0.25, 0.3) is 17.9 Å². The van der Waals surface area contributed by atoms with Gasteiger partial charge in [0.05, 0.1) is 45.0 Å². The lowest BCUT2D eigenvalue weighted by Gasteiger charge is -2.24. The summed E-state index contributed by atoms with van der Waals surface area (Å²) in [5, 5.41) is 10.4. The standard InChI is InChI=1S/C40H29ClF7N9O4S/c1-55-33-28(10-8-24(41)31(33)37(53-55)54-62(2,60)61)57-38(51-36-21(39(57)59)7-9-26(50-36)20-5-3-4-6-25(20)44)27(13-17-11-18(42)14-19(43)12-17)49-29(58)16-56-34-30(32(52-56)35(45)46)22-15-23(22)40(34,47)48/h3-12,14,22-23,27,35H,13,15-16H2,1-2H3,(H,49,58)(H,53,54)/t22-,23+,27-/m0/s1. The van der Waals surface area contributed by atoms with E-state index in [0.717, 1.165) is 23.0 Å². The number of aryl methyl sites for hydroxylation is 1. The normalized spacial score (nSPS) is 17.1. The minimum Gasteiger partial charge on any atom is -0.344 e. The van der Waals surface area contributed by atoms with Gasteiger partial charge in [-0.25, -0.2) is 40.3 Å². The Bertz CT molecular complexity index is 3190. The fourth-order valence-corrected chi connectivity index (χ4v) is 9.02. The topological polar surface area (TPSA) is 159 Å². The lowest BCUT2D eigenvalue weighted by Crippen LogP contribution is -2.38. The Kier molecular flexibility index (Phi) is 9.69. The predicted molar refractivity (Wildman–Crippen MR) is 211 cm³/mol. The van der Waals surface area contributed by atoms with Gasteiger partial charge in [0.2, 0.25) is 15.9 Å². The van der Waals surface area contributed by atoms with Crippen LogP contribution in [0, 0.1) is 23.4 Å². The second-order valence-electron chi connectivity index (χ2n) is 15.1. The molecule has 0 aliphatic heterocycles. The molecule has 3 aromatic carbocycles. The van der Waals surface area contributed by atoms with Crippen LogP contribution in [-0.2, 0) is 40.8 Å². The quantitative estimate of drug-likeness (QED) is 0.129. The SMILES string of the molecule is Cn1nc(NS(C)(=O)=O)c2c(Cl)ccc(-n3c([C@H](Cc4cc(F)cc(F)c4)NC(=O)Cn4nc(C(F)F)c5c4C(F)(F)[C@@H]4C[C@H]54)nc4nc(-c5ccccc5F)ccc4c3=O)c21. The third-order valence-corrected chi connectivity index (χ3v) is 11.7. The van der Waals surface area contributed by atoms with Gasteiger partial charge in [0, 0.05) is 36.6 Å². The molecule has 0 saturated heterocycles. The molecule has 2 aliphatic carbocycles. The lowest BCUT2D eigenvalue weighted by atomic mass is 10.0. The molecule has 320 valence electrons. The number of carbonyl (C=O) groups excluding carboxylic acids is 1. The molecule has 1 saturated carbocycles. The lowest BCUT2D eigenvalue weighted by molar-refractivity contribution is -0.123. The van der Waals surface area contributed by atoms with Crippen LogP contribution in [0.25, 0.3) is 38.9 Å². The van der Waals surface area contributed by atoms with Crippen molar-refractivity contribution in [2.45, 2.75) is 43.7 Å². The summed E-state index contributed by atoms with van der Waals surface area (Å²) in [6, 6.07) is 11.9. The molecular weight excluding hydrogens is 871 g/mol. The Morgan fingerprint density at radius 3 is 2.42 bits per heavy atom. The maximum absolute atomic E-state index is 15.5. The number of amides is 1. The molecule has 3 atom stereocenters. The highest BCUT2D eigenvalue weighted by atomic mass is 35.5. The number of halogens is 8. The van der Waals surface area contributed by atoms with E-state index >= 15 is 13.2 Å². The van der Waals surface area contributed by atoms with Crippen molar-refractivity contribution in [3.63, 3.8) is 0 Å². The second-order valence-corrected chi connectivity index (χ2v) is 17.2. The predicted octanol–water partition coefficient (Wildman–Crippen LogP) is 7.22. The van der Waals surface area contributed by atoms with E-state index in [1.165, 1.54) is 54.2 Å². The number of carbonyl (C=O) groups is 1. The first-order valence-electron chi connectivity index (χ1n) is 18.6. The number of benzene rings is 3. The Hall–Kier alpha value is -6.35. The van der Waals surface area contributed by atoms with Crippen LogP contribution >= 0.6 is 11.6 Å². The van der Waals surface area contributed by atoms with E-state index in [9.17, 15) is 35.6 Å². The van der Waals surface area contributed by atoms with Gasteiger partial charge in [0.15, 0.2) is 11.5 Å². The molecule has 4 heterocycles. The highest BCUT2D eigenvalue weighted by Gasteiger charge is 2.67. The van der Waals surface area contributed by atoms with Gasteiger partial charge in [-0.1, -0.05) is 23.7 Å². The molecule has 2 aliphatic rings. The molecule has 1 amide bonds. The zero-order chi connectivity index (χ0) is 44.2. The molecule has 0 bridgehead atoms. The number of nitrogens with one attached hydrogen (secondary N) is 2. The first-order chi connectivity index (χ1) is 29.3. The van der Waals surface area contributed by atoms with Crippen LogP contribution in [0.4, 0.5) is 36.6 Å². The molecule has 1 fully saturated rings. The number of hydrogen-bond donors (Lipinski definition) is 2. The first kappa shape index (κ1) is 41.0. The smallest absolute Gasteiger partial charge is 0.293 e. The number of fused-ring (bicyclic) bond motifs is 5. The Labute approximate surface area is 350 Å². The van der Waals surface area contributed by atoms with E-state index in [-0.39, 0.29) is 73.1 Å². The Balaban J connectivity index is 1.26. The van der Waals surface area contributed by atoms with Crippen LogP contribution < -0.4 is 15.6 Å². The van der Waals surface area contributed by atoms with E-state index in [4.69, 9.17) is 16.6 Å². The molecule has 9 rings (SSSR count). The van der Waals surface area contributed by atoms with Crippen LogP contribution in [-0.4, -0.2) is 54.7 Å². The fourth-order valence-electron chi connectivity index (χ4n) is 8.28. The molecule has 0 unspecified atom stereocenters. The van der Waals surface area contributed by atoms with Crippen molar-refractivity contribution in [3.8, 4) is 16.9 Å².